The Hall–Kier alpha value is -1.34. The zero-order chi connectivity index (χ0) is 14.5. The molecule has 0 fully saturated rings. The van der Waals surface area contributed by atoms with Crippen LogP contribution in [-0.2, 0) is 6.42 Å². The highest BCUT2D eigenvalue weighted by Gasteiger charge is 2.10. The van der Waals surface area contributed by atoms with Crippen LogP contribution in [-0.4, -0.2) is 0 Å². The Balaban J connectivity index is 2.05. The first-order chi connectivity index (χ1) is 9.60. The van der Waals surface area contributed by atoms with Crippen molar-refractivity contribution in [1.29, 1.82) is 0 Å². The SMILES string of the molecule is CCC(C)c1ccc(C(Cl)Cc2ccc(F)cc2)cc1. The number of halogens is 2. The van der Waals surface area contributed by atoms with E-state index >= 15 is 0 Å². The van der Waals surface area contributed by atoms with Crippen LogP contribution in [0.3, 0.4) is 0 Å². The van der Waals surface area contributed by atoms with Crippen molar-refractivity contribution in [2.45, 2.75) is 38.0 Å². The van der Waals surface area contributed by atoms with Crippen molar-refractivity contribution in [2.75, 3.05) is 0 Å². The van der Waals surface area contributed by atoms with Crippen LogP contribution in [0, 0.1) is 5.82 Å². The van der Waals surface area contributed by atoms with Gasteiger partial charge in [-0.2, -0.15) is 0 Å². The van der Waals surface area contributed by atoms with Gasteiger partial charge >= 0.3 is 0 Å². The van der Waals surface area contributed by atoms with Crippen molar-refractivity contribution < 1.29 is 4.39 Å². The molecule has 0 aliphatic rings. The van der Waals surface area contributed by atoms with Crippen molar-refractivity contribution in [1.82, 2.24) is 0 Å². The van der Waals surface area contributed by atoms with Crippen molar-refractivity contribution >= 4 is 11.6 Å². The molecule has 0 nitrogen and oxygen atoms in total. The molecule has 0 saturated heterocycles. The molecule has 0 heterocycles. The molecule has 2 aromatic rings. The fraction of sp³-hybridized carbons (Fsp3) is 0.333. The summed E-state index contributed by atoms with van der Waals surface area (Å²) in [6.45, 7) is 4.42. The molecular weight excluding hydrogens is 271 g/mol. The van der Waals surface area contributed by atoms with Gasteiger partial charge in [0.05, 0.1) is 5.38 Å². The third kappa shape index (κ3) is 3.83. The van der Waals surface area contributed by atoms with Gasteiger partial charge < -0.3 is 0 Å². The summed E-state index contributed by atoms with van der Waals surface area (Å²) in [5.41, 5.74) is 3.52. The van der Waals surface area contributed by atoms with Gasteiger partial charge in [0.15, 0.2) is 0 Å². The maximum atomic E-state index is 12.9. The highest BCUT2D eigenvalue weighted by molar-refractivity contribution is 6.20. The third-order valence-electron chi connectivity index (χ3n) is 3.81. The number of rotatable bonds is 5. The van der Waals surface area contributed by atoms with E-state index in [9.17, 15) is 4.39 Å². The standard InChI is InChI=1S/C18H20ClF/c1-3-13(2)15-6-8-16(9-7-15)18(19)12-14-4-10-17(20)11-5-14/h4-11,13,18H,3,12H2,1-2H3. The van der Waals surface area contributed by atoms with Crippen LogP contribution in [0.25, 0.3) is 0 Å². The molecule has 0 saturated carbocycles. The zero-order valence-corrected chi connectivity index (χ0v) is 12.7. The van der Waals surface area contributed by atoms with Gasteiger partial charge in [0.2, 0.25) is 0 Å². The molecule has 2 heteroatoms. The Bertz CT molecular complexity index is 530. The Morgan fingerprint density at radius 3 is 2.05 bits per heavy atom. The van der Waals surface area contributed by atoms with Gasteiger partial charge in [0.1, 0.15) is 5.82 Å². The summed E-state index contributed by atoms with van der Waals surface area (Å²) in [7, 11) is 0. The van der Waals surface area contributed by atoms with Gasteiger partial charge in [-0.25, -0.2) is 4.39 Å². The molecule has 0 spiro atoms. The third-order valence-corrected chi connectivity index (χ3v) is 4.21. The molecule has 20 heavy (non-hydrogen) atoms. The molecule has 0 aliphatic heterocycles. The molecular formula is C18H20ClF. The highest BCUT2D eigenvalue weighted by atomic mass is 35.5. The van der Waals surface area contributed by atoms with Crippen molar-refractivity contribution in [2.24, 2.45) is 0 Å². The van der Waals surface area contributed by atoms with Crippen molar-refractivity contribution in [3.8, 4) is 0 Å². The van der Waals surface area contributed by atoms with E-state index in [4.69, 9.17) is 11.6 Å². The normalized spacial score (nSPS) is 14.0. The van der Waals surface area contributed by atoms with E-state index in [0.29, 0.717) is 12.3 Å². The molecule has 2 atom stereocenters. The molecule has 2 aromatic carbocycles. The zero-order valence-electron chi connectivity index (χ0n) is 11.9. The first kappa shape index (κ1) is 15.1. The largest absolute Gasteiger partial charge is 0.207 e. The molecule has 0 bridgehead atoms. The fourth-order valence-corrected chi connectivity index (χ4v) is 2.54. The fourth-order valence-electron chi connectivity index (χ4n) is 2.21. The first-order valence-electron chi connectivity index (χ1n) is 7.08. The van der Waals surface area contributed by atoms with Crippen molar-refractivity contribution in [3.05, 3.63) is 71.0 Å². The van der Waals surface area contributed by atoms with Crippen LogP contribution in [0.4, 0.5) is 4.39 Å². The number of benzene rings is 2. The van der Waals surface area contributed by atoms with E-state index in [2.05, 4.69) is 38.1 Å². The average Bonchev–Trinajstić information content (AvgIpc) is 2.49. The average molecular weight is 291 g/mol. The van der Waals surface area contributed by atoms with Crippen LogP contribution in [0.5, 0.6) is 0 Å². The molecule has 0 radical (unpaired) electrons. The second-order valence-corrected chi connectivity index (χ2v) is 5.80. The molecule has 2 rings (SSSR count). The van der Waals surface area contributed by atoms with Crippen LogP contribution in [0.15, 0.2) is 48.5 Å². The summed E-state index contributed by atoms with van der Waals surface area (Å²) in [6.07, 6.45) is 1.85. The predicted molar refractivity (Wildman–Crippen MR) is 83.8 cm³/mol. The second kappa shape index (κ2) is 6.90. The molecule has 0 aliphatic carbocycles. The van der Waals surface area contributed by atoms with Gasteiger partial charge in [-0.05, 0) is 47.6 Å². The van der Waals surface area contributed by atoms with Crippen LogP contribution < -0.4 is 0 Å². The van der Waals surface area contributed by atoms with Gasteiger partial charge in [0.25, 0.3) is 0 Å². The first-order valence-corrected chi connectivity index (χ1v) is 7.52. The Labute approximate surface area is 125 Å². The lowest BCUT2D eigenvalue weighted by Crippen LogP contribution is -1.97. The smallest absolute Gasteiger partial charge is 0.123 e. The number of hydrogen-bond donors (Lipinski definition) is 0. The van der Waals surface area contributed by atoms with Gasteiger partial charge in [-0.3, -0.25) is 0 Å². The number of hydrogen-bond acceptors (Lipinski definition) is 0. The highest BCUT2D eigenvalue weighted by Crippen LogP contribution is 2.27. The lowest BCUT2D eigenvalue weighted by Gasteiger charge is -2.13. The monoisotopic (exact) mass is 290 g/mol. The maximum absolute atomic E-state index is 12.9. The summed E-state index contributed by atoms with van der Waals surface area (Å²) in [5.74, 6) is 0.368. The van der Waals surface area contributed by atoms with E-state index in [0.717, 1.165) is 17.5 Å². The van der Waals surface area contributed by atoms with Crippen molar-refractivity contribution in [3.63, 3.8) is 0 Å². The van der Waals surface area contributed by atoms with Gasteiger partial charge in [-0.15, -0.1) is 11.6 Å². The summed E-state index contributed by atoms with van der Waals surface area (Å²) in [6, 6.07) is 15.0. The quantitative estimate of drug-likeness (QED) is 0.605. The summed E-state index contributed by atoms with van der Waals surface area (Å²) in [5, 5.41) is -0.0774. The van der Waals surface area contributed by atoms with Gasteiger partial charge in [0, 0.05) is 0 Å². The van der Waals surface area contributed by atoms with Gasteiger partial charge in [-0.1, -0.05) is 50.2 Å². The van der Waals surface area contributed by atoms with E-state index in [1.165, 1.54) is 17.7 Å². The van der Waals surface area contributed by atoms with E-state index in [1.807, 2.05) is 0 Å². The Kier molecular flexibility index (Phi) is 5.19. The number of alkyl halides is 1. The molecule has 0 aromatic heterocycles. The lowest BCUT2D eigenvalue weighted by atomic mass is 9.96. The minimum Gasteiger partial charge on any atom is -0.207 e. The van der Waals surface area contributed by atoms with Crippen LogP contribution in [0.2, 0.25) is 0 Å². The Morgan fingerprint density at radius 2 is 1.50 bits per heavy atom. The summed E-state index contributed by atoms with van der Waals surface area (Å²) in [4.78, 5) is 0. The molecule has 2 unspecified atom stereocenters. The minimum absolute atomic E-state index is 0.0774. The topological polar surface area (TPSA) is 0 Å². The molecule has 106 valence electrons. The van der Waals surface area contributed by atoms with Crippen LogP contribution >= 0.6 is 11.6 Å². The summed E-state index contributed by atoms with van der Waals surface area (Å²) >= 11 is 6.45. The molecule has 0 N–H and O–H groups in total. The summed E-state index contributed by atoms with van der Waals surface area (Å²) < 4.78 is 12.9. The van der Waals surface area contributed by atoms with E-state index in [1.54, 1.807) is 12.1 Å². The molecule has 0 amide bonds. The maximum Gasteiger partial charge on any atom is 0.123 e. The van der Waals surface area contributed by atoms with Crippen LogP contribution in [0.1, 0.15) is 48.3 Å². The lowest BCUT2D eigenvalue weighted by molar-refractivity contribution is 0.627. The Morgan fingerprint density at radius 1 is 0.950 bits per heavy atom. The predicted octanol–water partition coefficient (Wildman–Crippen LogP) is 5.86. The minimum atomic E-state index is -0.210. The second-order valence-electron chi connectivity index (χ2n) is 5.27. The van der Waals surface area contributed by atoms with E-state index in [-0.39, 0.29) is 11.2 Å². The van der Waals surface area contributed by atoms with E-state index < -0.39 is 0 Å².